The predicted molar refractivity (Wildman–Crippen MR) is 231 cm³/mol. The highest BCUT2D eigenvalue weighted by atomic mass is 16.3. The molecule has 0 saturated carbocycles. The summed E-state index contributed by atoms with van der Waals surface area (Å²) in [4.78, 5) is 0. The van der Waals surface area contributed by atoms with Crippen LogP contribution < -0.4 is 0 Å². The lowest BCUT2D eigenvalue weighted by Crippen LogP contribution is -1.85. The van der Waals surface area contributed by atoms with Crippen molar-refractivity contribution in [1.82, 2.24) is 0 Å². The Labute approximate surface area is 317 Å². The summed E-state index contributed by atoms with van der Waals surface area (Å²) in [6.45, 7) is 0. The minimum Gasteiger partial charge on any atom is -0.456 e. The number of furan rings is 1. The minimum atomic E-state index is 0.908. The maximum absolute atomic E-state index is 6.63. The molecule has 10 aromatic carbocycles. The molecular weight excluding hydrogens is 665 g/mol. The van der Waals surface area contributed by atoms with E-state index in [1.54, 1.807) is 0 Å². The smallest absolute Gasteiger partial charge is 0.136 e. The van der Waals surface area contributed by atoms with Gasteiger partial charge in [0.05, 0.1) is 0 Å². The predicted octanol–water partition coefficient (Wildman–Crippen LogP) is 15.3. The van der Waals surface area contributed by atoms with Crippen molar-refractivity contribution in [3.63, 3.8) is 0 Å². The van der Waals surface area contributed by atoms with E-state index in [1.165, 1.54) is 105 Å². The Balaban J connectivity index is 0.860. The van der Waals surface area contributed by atoms with Crippen LogP contribution in [0.5, 0.6) is 0 Å². The molecule has 1 heterocycles. The van der Waals surface area contributed by atoms with Crippen LogP contribution >= 0.6 is 0 Å². The third-order valence-electron chi connectivity index (χ3n) is 12.4. The van der Waals surface area contributed by atoms with Gasteiger partial charge in [0.2, 0.25) is 0 Å². The highest BCUT2D eigenvalue weighted by Gasteiger charge is 2.24. The molecule has 252 valence electrons. The van der Waals surface area contributed by atoms with Gasteiger partial charge >= 0.3 is 0 Å². The molecule has 0 radical (unpaired) electrons. The van der Waals surface area contributed by atoms with Gasteiger partial charge < -0.3 is 4.42 Å². The molecule has 13 rings (SSSR count). The van der Waals surface area contributed by atoms with Crippen molar-refractivity contribution in [2.45, 2.75) is 0 Å². The topological polar surface area (TPSA) is 13.1 Å². The van der Waals surface area contributed by atoms with Gasteiger partial charge in [0.25, 0.3) is 0 Å². The van der Waals surface area contributed by atoms with Crippen LogP contribution in [0.25, 0.3) is 132 Å². The van der Waals surface area contributed by atoms with Crippen LogP contribution in [0.3, 0.4) is 0 Å². The van der Waals surface area contributed by atoms with Gasteiger partial charge in [-0.1, -0.05) is 146 Å². The molecule has 2 aliphatic rings. The lowest BCUT2D eigenvalue weighted by atomic mass is 9.92. The average Bonchev–Trinajstić information content (AvgIpc) is 3.89. The van der Waals surface area contributed by atoms with Crippen LogP contribution in [0, 0.1) is 0 Å². The molecule has 1 nitrogen and oxygen atoms in total. The lowest BCUT2D eigenvalue weighted by molar-refractivity contribution is 0.669. The van der Waals surface area contributed by atoms with E-state index in [-0.39, 0.29) is 0 Å². The van der Waals surface area contributed by atoms with Crippen molar-refractivity contribution < 1.29 is 4.42 Å². The summed E-state index contributed by atoms with van der Waals surface area (Å²) in [6, 6.07) is 67.2. The van der Waals surface area contributed by atoms with E-state index >= 15 is 0 Å². The summed E-state index contributed by atoms with van der Waals surface area (Å²) in [5.41, 5.74) is 19.7. The molecule has 0 aliphatic heterocycles. The van der Waals surface area contributed by atoms with E-state index in [9.17, 15) is 0 Å². The Hall–Kier alpha value is -7.22. The fourth-order valence-corrected chi connectivity index (χ4v) is 9.84. The van der Waals surface area contributed by atoms with Gasteiger partial charge in [-0.25, -0.2) is 0 Å². The summed E-state index contributed by atoms with van der Waals surface area (Å²) in [5, 5.41) is 10.0. The van der Waals surface area contributed by atoms with Gasteiger partial charge in [-0.05, 0) is 147 Å². The summed E-state index contributed by atoms with van der Waals surface area (Å²) in [7, 11) is 0. The first-order valence-corrected chi connectivity index (χ1v) is 19.1. The number of benzene rings is 10. The second-order valence-corrected chi connectivity index (χ2v) is 15.2. The number of hydrogen-bond donors (Lipinski definition) is 0. The molecule has 0 saturated heterocycles. The number of hydrogen-bond acceptors (Lipinski definition) is 1. The molecular formula is C54H30O. The van der Waals surface area contributed by atoms with Crippen LogP contribution in [0.15, 0.2) is 186 Å². The van der Waals surface area contributed by atoms with E-state index in [2.05, 4.69) is 182 Å². The normalized spacial score (nSPS) is 12.4. The third kappa shape index (κ3) is 4.02. The van der Waals surface area contributed by atoms with Gasteiger partial charge in [0.1, 0.15) is 11.2 Å². The molecule has 0 N–H and O–H groups in total. The van der Waals surface area contributed by atoms with E-state index in [4.69, 9.17) is 4.42 Å². The summed E-state index contributed by atoms with van der Waals surface area (Å²) in [6.07, 6.45) is 0. The molecule has 11 aromatic rings. The van der Waals surface area contributed by atoms with Gasteiger partial charge in [-0.15, -0.1) is 0 Å². The molecule has 0 amide bonds. The largest absolute Gasteiger partial charge is 0.456 e. The van der Waals surface area contributed by atoms with Crippen molar-refractivity contribution >= 4 is 54.3 Å². The molecule has 1 aromatic heterocycles. The SMILES string of the molecule is c1ccc2c(c1)-c1cccc3c(-c4ccc5cc(-c6ccc7c(c6)oc6cc(-c8ccc9c%10c(cccc8%10)-c8ccccc8-9)ccc67)ccc5c4)ccc-2c13. The molecule has 2 aliphatic carbocycles. The van der Waals surface area contributed by atoms with E-state index in [0.29, 0.717) is 0 Å². The Morgan fingerprint density at radius 2 is 0.618 bits per heavy atom. The van der Waals surface area contributed by atoms with Crippen molar-refractivity contribution in [3.8, 4) is 77.9 Å². The first-order chi connectivity index (χ1) is 27.2. The molecule has 0 bridgehead atoms. The maximum Gasteiger partial charge on any atom is 0.136 e. The van der Waals surface area contributed by atoms with Gasteiger partial charge in [-0.3, -0.25) is 0 Å². The van der Waals surface area contributed by atoms with Crippen LogP contribution in [-0.4, -0.2) is 0 Å². The highest BCUT2D eigenvalue weighted by molar-refractivity contribution is 6.20. The Morgan fingerprint density at radius 1 is 0.236 bits per heavy atom. The average molecular weight is 695 g/mol. The van der Waals surface area contributed by atoms with E-state index in [0.717, 1.165) is 27.5 Å². The maximum atomic E-state index is 6.63. The summed E-state index contributed by atoms with van der Waals surface area (Å²) >= 11 is 0. The first-order valence-electron chi connectivity index (χ1n) is 19.1. The van der Waals surface area contributed by atoms with Crippen LogP contribution in [0.2, 0.25) is 0 Å². The van der Waals surface area contributed by atoms with Crippen molar-refractivity contribution in [2.75, 3.05) is 0 Å². The van der Waals surface area contributed by atoms with Crippen LogP contribution in [-0.2, 0) is 0 Å². The Bertz CT molecular complexity index is 3430. The van der Waals surface area contributed by atoms with Gasteiger partial charge in [-0.2, -0.15) is 0 Å². The molecule has 0 unspecified atom stereocenters. The standard InChI is InChI=1S/C54H30O/c1-3-9-41-39(7-1)47-13-5-11-45-37(23-25-49(41)53(45)47)35-18-17-31-27-32(15-16-33(31)28-35)34-19-21-43-44-22-20-36(30-52(44)55-51(43)29-34)38-24-26-50-42-10-4-2-8-40(42)48-14-6-12-46(38)54(48)50/h1-30H. The molecule has 0 spiro atoms. The minimum absolute atomic E-state index is 0.908. The molecule has 0 atom stereocenters. The zero-order valence-corrected chi connectivity index (χ0v) is 29.7. The number of fused-ring (bicyclic) bond motifs is 10. The fraction of sp³-hybridized carbons (Fsp3) is 0. The second-order valence-electron chi connectivity index (χ2n) is 15.2. The lowest BCUT2D eigenvalue weighted by Gasteiger charge is -2.11. The third-order valence-corrected chi connectivity index (χ3v) is 12.4. The Morgan fingerprint density at radius 3 is 1.18 bits per heavy atom. The summed E-state index contributed by atoms with van der Waals surface area (Å²) in [5.74, 6) is 0. The zero-order valence-electron chi connectivity index (χ0n) is 29.7. The monoisotopic (exact) mass is 694 g/mol. The second kappa shape index (κ2) is 10.7. The van der Waals surface area contributed by atoms with Crippen molar-refractivity contribution in [3.05, 3.63) is 182 Å². The van der Waals surface area contributed by atoms with Crippen LogP contribution in [0.1, 0.15) is 0 Å². The molecule has 0 fully saturated rings. The number of rotatable bonds is 3. The molecule has 1 heteroatoms. The van der Waals surface area contributed by atoms with Crippen molar-refractivity contribution in [2.24, 2.45) is 0 Å². The fourth-order valence-electron chi connectivity index (χ4n) is 9.84. The highest BCUT2D eigenvalue weighted by Crippen LogP contribution is 2.51. The Kier molecular flexibility index (Phi) is 5.69. The zero-order chi connectivity index (χ0) is 35.8. The first kappa shape index (κ1) is 29.3. The quantitative estimate of drug-likeness (QED) is 0.179. The van der Waals surface area contributed by atoms with Crippen LogP contribution in [0.4, 0.5) is 0 Å². The van der Waals surface area contributed by atoms with E-state index < -0.39 is 0 Å². The van der Waals surface area contributed by atoms with Gasteiger partial charge in [0.15, 0.2) is 0 Å². The van der Waals surface area contributed by atoms with Crippen molar-refractivity contribution in [1.29, 1.82) is 0 Å². The summed E-state index contributed by atoms with van der Waals surface area (Å²) < 4.78 is 6.63. The van der Waals surface area contributed by atoms with Gasteiger partial charge in [0, 0.05) is 10.8 Å². The molecule has 55 heavy (non-hydrogen) atoms. The van der Waals surface area contributed by atoms with E-state index in [1.807, 2.05) is 0 Å².